The van der Waals surface area contributed by atoms with Crippen LogP contribution in [0.25, 0.3) is 0 Å². The number of carbonyl (C=O) groups is 2. The number of hydrogen-bond acceptors (Lipinski definition) is 6. The molecule has 102 valence electrons. The van der Waals surface area contributed by atoms with Crippen molar-refractivity contribution in [1.29, 1.82) is 0 Å². The highest BCUT2D eigenvalue weighted by Gasteiger charge is 2.17. The van der Waals surface area contributed by atoms with Gasteiger partial charge >= 0.3 is 0 Å². The summed E-state index contributed by atoms with van der Waals surface area (Å²) in [6.07, 6.45) is 2.81. The summed E-state index contributed by atoms with van der Waals surface area (Å²) in [4.78, 5) is 32.6. The van der Waals surface area contributed by atoms with Gasteiger partial charge in [0.25, 0.3) is 5.91 Å². The van der Waals surface area contributed by atoms with Gasteiger partial charge in [0.2, 0.25) is 5.91 Å². The van der Waals surface area contributed by atoms with Gasteiger partial charge in [-0.3, -0.25) is 9.59 Å². The third kappa shape index (κ3) is 3.38. The molecule has 0 unspecified atom stereocenters. The topological polar surface area (TPSA) is 113 Å². The normalized spacial score (nSPS) is 15.1. The third-order valence-corrected chi connectivity index (χ3v) is 2.81. The fourth-order valence-electron chi connectivity index (χ4n) is 1.83. The first-order chi connectivity index (χ1) is 9.18. The van der Waals surface area contributed by atoms with Crippen molar-refractivity contribution < 1.29 is 9.59 Å². The van der Waals surface area contributed by atoms with E-state index >= 15 is 0 Å². The lowest BCUT2D eigenvalue weighted by molar-refractivity contribution is -0.129. The van der Waals surface area contributed by atoms with Gasteiger partial charge in [-0.25, -0.2) is 9.97 Å². The molecule has 2 amide bonds. The van der Waals surface area contributed by atoms with Crippen LogP contribution >= 0.6 is 0 Å². The Hall–Kier alpha value is -2.22. The van der Waals surface area contributed by atoms with Gasteiger partial charge < -0.3 is 21.3 Å². The molecule has 0 saturated carbocycles. The molecule has 0 radical (unpaired) electrons. The number of amides is 2. The second-order valence-corrected chi connectivity index (χ2v) is 4.10. The standard InChI is InChI=1S/C11H16N6O2/c12-10(19)9-11(15-2-1-14-9)16-7-8(18)17-5-3-13-4-6-17/h1-2,13H,3-7H2,(H2,12,19)(H,15,16). The molecule has 1 aromatic heterocycles. The van der Waals surface area contributed by atoms with Gasteiger partial charge in [0, 0.05) is 38.6 Å². The molecule has 2 rings (SSSR count). The summed E-state index contributed by atoms with van der Waals surface area (Å²) in [5, 5.41) is 5.98. The van der Waals surface area contributed by atoms with Crippen molar-refractivity contribution in [2.75, 3.05) is 38.0 Å². The Morgan fingerprint density at radius 2 is 2.00 bits per heavy atom. The van der Waals surface area contributed by atoms with Gasteiger partial charge in [-0.05, 0) is 0 Å². The largest absolute Gasteiger partial charge is 0.364 e. The Kier molecular flexibility index (Phi) is 4.24. The summed E-state index contributed by atoms with van der Waals surface area (Å²) in [5.74, 6) is -0.480. The van der Waals surface area contributed by atoms with Crippen LogP contribution in [0.5, 0.6) is 0 Å². The van der Waals surface area contributed by atoms with Crippen molar-refractivity contribution in [2.45, 2.75) is 0 Å². The lowest BCUT2D eigenvalue weighted by Gasteiger charge is -2.27. The molecule has 1 aromatic rings. The number of carbonyl (C=O) groups excluding carboxylic acids is 2. The lowest BCUT2D eigenvalue weighted by Crippen LogP contribution is -2.48. The maximum absolute atomic E-state index is 11.9. The van der Waals surface area contributed by atoms with Gasteiger partial charge in [0.15, 0.2) is 11.5 Å². The molecule has 19 heavy (non-hydrogen) atoms. The van der Waals surface area contributed by atoms with Crippen LogP contribution in [-0.4, -0.2) is 59.4 Å². The van der Waals surface area contributed by atoms with E-state index in [1.807, 2.05) is 0 Å². The van der Waals surface area contributed by atoms with Crippen molar-refractivity contribution in [2.24, 2.45) is 5.73 Å². The van der Waals surface area contributed by atoms with Crippen molar-refractivity contribution in [3.8, 4) is 0 Å². The summed E-state index contributed by atoms with van der Waals surface area (Å²) in [6, 6.07) is 0. The quantitative estimate of drug-likeness (QED) is 0.605. The predicted octanol–water partition coefficient (Wildman–Crippen LogP) is -1.58. The summed E-state index contributed by atoms with van der Waals surface area (Å²) in [6.45, 7) is 3.03. The third-order valence-electron chi connectivity index (χ3n) is 2.81. The molecule has 1 aliphatic rings. The minimum Gasteiger partial charge on any atom is -0.364 e. The number of piperazine rings is 1. The molecular weight excluding hydrogens is 248 g/mol. The average Bonchev–Trinajstić information content (AvgIpc) is 2.46. The minimum atomic E-state index is -0.676. The molecule has 8 nitrogen and oxygen atoms in total. The molecule has 1 fully saturated rings. The van der Waals surface area contributed by atoms with E-state index in [0.717, 1.165) is 13.1 Å². The number of nitrogens with zero attached hydrogens (tertiary/aromatic N) is 3. The van der Waals surface area contributed by atoms with Crippen LogP contribution < -0.4 is 16.4 Å². The molecular formula is C11H16N6O2. The number of rotatable bonds is 4. The van der Waals surface area contributed by atoms with Gasteiger partial charge in [-0.2, -0.15) is 0 Å². The molecule has 0 aromatic carbocycles. The summed E-state index contributed by atoms with van der Waals surface area (Å²) < 4.78 is 0. The van der Waals surface area contributed by atoms with E-state index in [4.69, 9.17) is 5.73 Å². The second kappa shape index (κ2) is 6.10. The molecule has 0 atom stereocenters. The SMILES string of the molecule is NC(=O)c1nccnc1NCC(=O)N1CCNCC1. The smallest absolute Gasteiger partial charge is 0.271 e. The summed E-state index contributed by atoms with van der Waals surface area (Å²) in [5.41, 5.74) is 5.22. The molecule has 4 N–H and O–H groups in total. The zero-order valence-corrected chi connectivity index (χ0v) is 10.4. The monoisotopic (exact) mass is 264 g/mol. The molecule has 1 aliphatic heterocycles. The Labute approximate surface area is 110 Å². The second-order valence-electron chi connectivity index (χ2n) is 4.10. The predicted molar refractivity (Wildman–Crippen MR) is 68.5 cm³/mol. The molecule has 0 aliphatic carbocycles. The maximum atomic E-state index is 11.9. The zero-order valence-electron chi connectivity index (χ0n) is 10.4. The Bertz CT molecular complexity index is 472. The maximum Gasteiger partial charge on any atom is 0.271 e. The average molecular weight is 264 g/mol. The van der Waals surface area contributed by atoms with E-state index in [-0.39, 0.29) is 24.0 Å². The van der Waals surface area contributed by atoms with E-state index < -0.39 is 5.91 Å². The van der Waals surface area contributed by atoms with Gasteiger partial charge in [0.05, 0.1) is 6.54 Å². The van der Waals surface area contributed by atoms with E-state index in [1.54, 1.807) is 4.90 Å². The van der Waals surface area contributed by atoms with E-state index in [2.05, 4.69) is 20.6 Å². The molecule has 2 heterocycles. The fourth-order valence-corrected chi connectivity index (χ4v) is 1.83. The highest BCUT2D eigenvalue weighted by molar-refractivity contribution is 5.95. The van der Waals surface area contributed by atoms with E-state index in [9.17, 15) is 9.59 Å². The van der Waals surface area contributed by atoms with E-state index in [0.29, 0.717) is 13.1 Å². The molecule has 1 saturated heterocycles. The number of anilines is 1. The molecule has 8 heteroatoms. The van der Waals surface area contributed by atoms with Crippen LogP contribution in [0.3, 0.4) is 0 Å². The molecule has 0 spiro atoms. The Morgan fingerprint density at radius 3 is 2.68 bits per heavy atom. The highest BCUT2D eigenvalue weighted by Crippen LogP contribution is 2.07. The number of nitrogens with one attached hydrogen (secondary N) is 2. The first kappa shape index (κ1) is 13.2. The van der Waals surface area contributed by atoms with Crippen LogP contribution in [-0.2, 0) is 4.79 Å². The van der Waals surface area contributed by atoms with Crippen LogP contribution in [0.1, 0.15) is 10.5 Å². The number of hydrogen-bond donors (Lipinski definition) is 3. The Morgan fingerprint density at radius 1 is 1.32 bits per heavy atom. The van der Waals surface area contributed by atoms with Crippen LogP contribution in [0.15, 0.2) is 12.4 Å². The molecule has 0 bridgehead atoms. The number of nitrogens with two attached hydrogens (primary N) is 1. The van der Waals surface area contributed by atoms with Crippen molar-refractivity contribution >= 4 is 17.6 Å². The van der Waals surface area contributed by atoms with Gasteiger partial charge in [-0.1, -0.05) is 0 Å². The van der Waals surface area contributed by atoms with Gasteiger partial charge in [0.1, 0.15) is 0 Å². The van der Waals surface area contributed by atoms with Crippen LogP contribution in [0.2, 0.25) is 0 Å². The fraction of sp³-hybridized carbons (Fsp3) is 0.455. The van der Waals surface area contributed by atoms with Gasteiger partial charge in [-0.15, -0.1) is 0 Å². The first-order valence-corrected chi connectivity index (χ1v) is 6.01. The number of primary amides is 1. The summed E-state index contributed by atoms with van der Waals surface area (Å²) >= 11 is 0. The van der Waals surface area contributed by atoms with Crippen LogP contribution in [0, 0.1) is 0 Å². The van der Waals surface area contributed by atoms with Crippen molar-refractivity contribution in [3.05, 3.63) is 18.1 Å². The zero-order chi connectivity index (χ0) is 13.7. The van der Waals surface area contributed by atoms with Crippen molar-refractivity contribution in [3.63, 3.8) is 0 Å². The lowest BCUT2D eigenvalue weighted by atomic mass is 10.3. The minimum absolute atomic E-state index is 0.0376. The Balaban J connectivity index is 1.94. The number of aromatic nitrogens is 2. The van der Waals surface area contributed by atoms with Crippen LogP contribution in [0.4, 0.5) is 5.82 Å². The first-order valence-electron chi connectivity index (χ1n) is 6.01. The highest BCUT2D eigenvalue weighted by atomic mass is 16.2. The summed E-state index contributed by atoms with van der Waals surface area (Å²) in [7, 11) is 0. The van der Waals surface area contributed by atoms with E-state index in [1.165, 1.54) is 12.4 Å². The van der Waals surface area contributed by atoms with Crippen molar-refractivity contribution in [1.82, 2.24) is 20.2 Å².